The molecular formula is C11H20N4O2. The van der Waals surface area contributed by atoms with Gasteiger partial charge in [-0.05, 0) is 12.8 Å². The molecule has 0 aliphatic heterocycles. The lowest BCUT2D eigenvalue weighted by Crippen LogP contribution is -2.29. The Bertz CT molecular complexity index is 338. The summed E-state index contributed by atoms with van der Waals surface area (Å²) in [6.45, 7) is 4.35. The second kappa shape index (κ2) is 7.67. The fraction of sp³-hybridized carbons (Fsp3) is 0.636. The quantitative estimate of drug-likeness (QED) is 0.644. The van der Waals surface area contributed by atoms with Gasteiger partial charge in [-0.2, -0.15) is 5.10 Å². The predicted molar refractivity (Wildman–Crippen MR) is 65.4 cm³/mol. The molecule has 1 rings (SSSR count). The van der Waals surface area contributed by atoms with Crippen LogP contribution in [0, 0.1) is 0 Å². The summed E-state index contributed by atoms with van der Waals surface area (Å²) in [5.74, 6) is -0.0661. The van der Waals surface area contributed by atoms with Crippen molar-refractivity contribution in [3.8, 4) is 0 Å². The molecule has 3 N–H and O–H groups in total. The smallest absolute Gasteiger partial charge is 0.241 e. The molecule has 1 amide bonds. The predicted octanol–water partition coefficient (Wildman–Crippen LogP) is 0.398. The number of ether oxygens (including phenoxy) is 1. The van der Waals surface area contributed by atoms with Gasteiger partial charge in [-0.1, -0.05) is 6.92 Å². The summed E-state index contributed by atoms with van der Waals surface area (Å²) in [5, 5.41) is 6.73. The lowest BCUT2D eigenvalue weighted by Gasteiger charge is -2.05. The van der Waals surface area contributed by atoms with E-state index in [-0.39, 0.29) is 12.5 Å². The van der Waals surface area contributed by atoms with Gasteiger partial charge in [0, 0.05) is 26.0 Å². The van der Waals surface area contributed by atoms with E-state index >= 15 is 0 Å². The van der Waals surface area contributed by atoms with Crippen molar-refractivity contribution in [1.82, 2.24) is 15.1 Å². The first-order valence-electron chi connectivity index (χ1n) is 5.84. The fourth-order valence-corrected chi connectivity index (χ4v) is 1.32. The molecule has 17 heavy (non-hydrogen) atoms. The highest BCUT2D eigenvalue weighted by atomic mass is 16.5. The average Bonchev–Trinajstić information content (AvgIpc) is 2.69. The number of hydrogen-bond donors (Lipinski definition) is 2. The van der Waals surface area contributed by atoms with Crippen LogP contribution < -0.4 is 11.1 Å². The summed E-state index contributed by atoms with van der Waals surface area (Å²) < 4.78 is 6.81. The van der Waals surface area contributed by atoms with Crippen molar-refractivity contribution in [2.24, 2.45) is 0 Å². The summed E-state index contributed by atoms with van der Waals surface area (Å²) in [5.41, 5.74) is 6.05. The zero-order chi connectivity index (χ0) is 12.5. The lowest BCUT2D eigenvalue weighted by molar-refractivity contribution is -0.121. The Balaban J connectivity index is 2.05. The molecular weight excluding hydrogens is 220 g/mol. The van der Waals surface area contributed by atoms with E-state index in [1.807, 2.05) is 0 Å². The first kappa shape index (κ1) is 13.5. The van der Waals surface area contributed by atoms with Crippen LogP contribution in [0.3, 0.4) is 0 Å². The van der Waals surface area contributed by atoms with Gasteiger partial charge in [0.05, 0.1) is 11.9 Å². The Morgan fingerprint density at radius 1 is 1.59 bits per heavy atom. The molecule has 0 saturated carbocycles. The summed E-state index contributed by atoms with van der Waals surface area (Å²) in [6.07, 6.45) is 5.00. The number of rotatable bonds is 8. The molecule has 0 saturated heterocycles. The van der Waals surface area contributed by atoms with Gasteiger partial charge in [-0.3, -0.25) is 9.48 Å². The van der Waals surface area contributed by atoms with Gasteiger partial charge < -0.3 is 15.8 Å². The minimum Gasteiger partial charge on any atom is -0.396 e. The number of nitrogens with zero attached hydrogens (tertiary/aromatic N) is 2. The Hall–Kier alpha value is -1.56. The Morgan fingerprint density at radius 3 is 3.06 bits per heavy atom. The van der Waals surface area contributed by atoms with Crippen molar-refractivity contribution in [2.75, 3.05) is 25.5 Å². The summed E-state index contributed by atoms with van der Waals surface area (Å²) in [4.78, 5) is 11.5. The maximum atomic E-state index is 11.5. The second-order valence-electron chi connectivity index (χ2n) is 3.79. The van der Waals surface area contributed by atoms with Crippen molar-refractivity contribution in [3.05, 3.63) is 12.4 Å². The van der Waals surface area contributed by atoms with E-state index in [1.54, 1.807) is 6.20 Å². The summed E-state index contributed by atoms with van der Waals surface area (Å²) >= 11 is 0. The van der Waals surface area contributed by atoms with Crippen LogP contribution in [0.2, 0.25) is 0 Å². The first-order chi connectivity index (χ1) is 8.22. The SMILES string of the molecule is CCCOCCCNC(=O)Cn1cc(N)cn1. The molecule has 96 valence electrons. The number of nitrogens with two attached hydrogens (primary N) is 1. The number of nitrogen functional groups attached to an aromatic ring is 1. The van der Waals surface area contributed by atoms with Crippen LogP contribution in [0.5, 0.6) is 0 Å². The molecule has 0 unspecified atom stereocenters. The fourth-order valence-electron chi connectivity index (χ4n) is 1.32. The third kappa shape index (κ3) is 5.91. The number of amides is 1. The van der Waals surface area contributed by atoms with Crippen LogP contribution >= 0.6 is 0 Å². The van der Waals surface area contributed by atoms with E-state index in [0.29, 0.717) is 18.8 Å². The number of hydrogen-bond acceptors (Lipinski definition) is 4. The number of anilines is 1. The molecule has 0 aromatic carbocycles. The summed E-state index contributed by atoms with van der Waals surface area (Å²) in [7, 11) is 0. The minimum absolute atomic E-state index is 0.0661. The van der Waals surface area contributed by atoms with Crippen LogP contribution in [-0.2, 0) is 16.1 Å². The first-order valence-corrected chi connectivity index (χ1v) is 5.84. The van der Waals surface area contributed by atoms with Crippen LogP contribution in [0.4, 0.5) is 5.69 Å². The standard InChI is InChI=1S/C11H20N4O2/c1-2-5-17-6-3-4-13-11(16)9-15-8-10(12)7-14-15/h7-8H,2-6,9,12H2,1H3,(H,13,16). The topological polar surface area (TPSA) is 82.2 Å². The van der Waals surface area contributed by atoms with Gasteiger partial charge in [0.2, 0.25) is 5.91 Å². The minimum atomic E-state index is -0.0661. The average molecular weight is 240 g/mol. The maximum absolute atomic E-state index is 11.5. The highest BCUT2D eigenvalue weighted by Crippen LogP contribution is 1.96. The van der Waals surface area contributed by atoms with E-state index < -0.39 is 0 Å². The maximum Gasteiger partial charge on any atom is 0.241 e. The van der Waals surface area contributed by atoms with Crippen molar-refractivity contribution < 1.29 is 9.53 Å². The van der Waals surface area contributed by atoms with E-state index in [0.717, 1.165) is 19.4 Å². The van der Waals surface area contributed by atoms with E-state index in [1.165, 1.54) is 10.9 Å². The molecule has 0 radical (unpaired) electrons. The van der Waals surface area contributed by atoms with Crippen LogP contribution in [0.15, 0.2) is 12.4 Å². The molecule has 0 fully saturated rings. The van der Waals surface area contributed by atoms with Gasteiger partial charge in [-0.15, -0.1) is 0 Å². The Labute approximate surface area is 101 Å². The van der Waals surface area contributed by atoms with Crippen molar-refractivity contribution >= 4 is 11.6 Å². The zero-order valence-corrected chi connectivity index (χ0v) is 10.2. The largest absolute Gasteiger partial charge is 0.396 e. The van der Waals surface area contributed by atoms with E-state index in [2.05, 4.69) is 17.3 Å². The normalized spacial score (nSPS) is 10.4. The van der Waals surface area contributed by atoms with Gasteiger partial charge in [0.15, 0.2) is 0 Å². The molecule has 0 bridgehead atoms. The van der Waals surface area contributed by atoms with Crippen molar-refractivity contribution in [2.45, 2.75) is 26.3 Å². The molecule has 1 aromatic rings. The highest BCUT2D eigenvalue weighted by Gasteiger charge is 2.02. The van der Waals surface area contributed by atoms with E-state index in [9.17, 15) is 4.79 Å². The van der Waals surface area contributed by atoms with Crippen LogP contribution in [0.1, 0.15) is 19.8 Å². The Morgan fingerprint density at radius 2 is 2.41 bits per heavy atom. The van der Waals surface area contributed by atoms with Crippen LogP contribution in [0.25, 0.3) is 0 Å². The van der Waals surface area contributed by atoms with Crippen molar-refractivity contribution in [3.63, 3.8) is 0 Å². The molecule has 6 heteroatoms. The van der Waals surface area contributed by atoms with Crippen molar-refractivity contribution in [1.29, 1.82) is 0 Å². The number of carbonyl (C=O) groups excluding carboxylic acids is 1. The lowest BCUT2D eigenvalue weighted by atomic mass is 10.4. The number of nitrogens with one attached hydrogen (secondary N) is 1. The van der Waals surface area contributed by atoms with Gasteiger partial charge in [-0.25, -0.2) is 0 Å². The molecule has 1 heterocycles. The van der Waals surface area contributed by atoms with Crippen LogP contribution in [-0.4, -0.2) is 35.4 Å². The summed E-state index contributed by atoms with van der Waals surface area (Å²) in [6, 6.07) is 0. The Kier molecular flexibility index (Phi) is 6.09. The van der Waals surface area contributed by atoms with Gasteiger partial charge >= 0.3 is 0 Å². The molecule has 1 aromatic heterocycles. The number of carbonyl (C=O) groups is 1. The number of aromatic nitrogens is 2. The highest BCUT2D eigenvalue weighted by molar-refractivity contribution is 5.75. The van der Waals surface area contributed by atoms with Gasteiger partial charge in [0.25, 0.3) is 0 Å². The monoisotopic (exact) mass is 240 g/mol. The van der Waals surface area contributed by atoms with E-state index in [4.69, 9.17) is 10.5 Å². The molecule has 0 spiro atoms. The zero-order valence-electron chi connectivity index (χ0n) is 10.2. The molecule has 0 aliphatic rings. The second-order valence-corrected chi connectivity index (χ2v) is 3.79. The molecule has 0 aliphatic carbocycles. The third-order valence-corrected chi connectivity index (χ3v) is 2.09. The van der Waals surface area contributed by atoms with Gasteiger partial charge in [0.1, 0.15) is 6.54 Å². The molecule has 0 atom stereocenters. The third-order valence-electron chi connectivity index (χ3n) is 2.09. The molecule has 6 nitrogen and oxygen atoms in total.